The number of piperazine rings is 1. The predicted octanol–water partition coefficient (Wildman–Crippen LogP) is 2.08. The van der Waals surface area contributed by atoms with Gasteiger partial charge in [0.15, 0.2) is 0 Å². The van der Waals surface area contributed by atoms with Crippen molar-refractivity contribution in [2.24, 2.45) is 5.92 Å². The van der Waals surface area contributed by atoms with Crippen LogP contribution in [0.5, 0.6) is 0 Å². The summed E-state index contributed by atoms with van der Waals surface area (Å²) in [5.41, 5.74) is 1.93. The Hall–Kier alpha value is -2.03. The van der Waals surface area contributed by atoms with E-state index in [1.54, 1.807) is 6.08 Å². The highest BCUT2D eigenvalue weighted by Crippen LogP contribution is 2.30. The summed E-state index contributed by atoms with van der Waals surface area (Å²) in [5.74, 6) is 0.0221. The van der Waals surface area contributed by atoms with Crippen molar-refractivity contribution in [3.63, 3.8) is 0 Å². The molecule has 7 nitrogen and oxygen atoms in total. The Morgan fingerprint density at radius 2 is 1.90 bits per heavy atom. The number of piperidine rings is 1. The Morgan fingerprint density at radius 1 is 1.14 bits per heavy atom. The van der Waals surface area contributed by atoms with Crippen LogP contribution in [0, 0.1) is 5.92 Å². The average molecular weight is 437 g/mol. The van der Waals surface area contributed by atoms with Crippen molar-refractivity contribution in [2.75, 3.05) is 44.2 Å². The maximum Gasteiger partial charge on any atom is 0.290 e. The minimum Gasteiger partial charge on any atom is -0.367 e. The number of carbonyl (C=O) groups excluding carboxylic acids is 3. The molecule has 3 aliphatic rings. The molecule has 1 aromatic rings. The number of para-hydroxylation sites is 1. The van der Waals surface area contributed by atoms with Crippen LogP contribution in [0.2, 0.25) is 0 Å². The molecule has 0 radical (unpaired) electrons. The third-order valence-electron chi connectivity index (χ3n) is 5.44. The quantitative estimate of drug-likeness (QED) is 0.706. The van der Waals surface area contributed by atoms with Crippen molar-refractivity contribution in [2.45, 2.75) is 12.8 Å². The van der Waals surface area contributed by atoms with Gasteiger partial charge < -0.3 is 15.1 Å². The maximum atomic E-state index is 12.7. The van der Waals surface area contributed by atoms with Crippen LogP contribution >= 0.6 is 24.2 Å². The summed E-state index contributed by atoms with van der Waals surface area (Å²) in [6, 6.07) is 7.86. The lowest BCUT2D eigenvalue weighted by atomic mass is 9.98. The predicted molar refractivity (Wildman–Crippen MR) is 117 cm³/mol. The van der Waals surface area contributed by atoms with Crippen LogP contribution in [-0.2, 0) is 9.59 Å². The van der Waals surface area contributed by atoms with Crippen molar-refractivity contribution in [3.8, 4) is 0 Å². The molecule has 9 heteroatoms. The Labute approximate surface area is 180 Å². The molecule has 0 aliphatic carbocycles. The second-order valence-electron chi connectivity index (χ2n) is 7.27. The van der Waals surface area contributed by atoms with E-state index in [-0.39, 0.29) is 35.4 Å². The van der Waals surface area contributed by atoms with Gasteiger partial charge in [-0.1, -0.05) is 18.2 Å². The van der Waals surface area contributed by atoms with E-state index in [2.05, 4.69) is 15.5 Å². The molecule has 0 spiro atoms. The molecular formula is C20H25ClN4O3S. The lowest BCUT2D eigenvalue weighted by Gasteiger charge is -2.38. The lowest BCUT2D eigenvalue weighted by molar-refractivity contribution is -0.136. The van der Waals surface area contributed by atoms with Gasteiger partial charge in [0.1, 0.15) is 0 Å². The van der Waals surface area contributed by atoms with Crippen molar-refractivity contribution in [3.05, 3.63) is 34.7 Å². The normalized spacial score (nSPS) is 23.7. The summed E-state index contributed by atoms with van der Waals surface area (Å²) in [4.78, 5) is 40.6. The van der Waals surface area contributed by atoms with Crippen molar-refractivity contribution in [1.82, 2.24) is 15.5 Å². The summed E-state index contributed by atoms with van der Waals surface area (Å²) in [5, 5.41) is 5.27. The Balaban J connectivity index is 0.00000240. The van der Waals surface area contributed by atoms with Crippen LogP contribution in [-0.4, -0.2) is 61.2 Å². The molecule has 3 aliphatic heterocycles. The van der Waals surface area contributed by atoms with E-state index >= 15 is 0 Å². The average Bonchev–Trinajstić information content (AvgIpc) is 3.05. The van der Waals surface area contributed by atoms with Crippen LogP contribution in [0.4, 0.5) is 10.5 Å². The highest BCUT2D eigenvalue weighted by atomic mass is 35.5. The molecule has 1 unspecified atom stereocenters. The summed E-state index contributed by atoms with van der Waals surface area (Å²) in [6.45, 7) is 4.70. The molecule has 0 aromatic heterocycles. The highest BCUT2D eigenvalue weighted by Gasteiger charge is 2.29. The Kier molecular flexibility index (Phi) is 7.21. The van der Waals surface area contributed by atoms with Gasteiger partial charge in [-0.25, -0.2) is 0 Å². The van der Waals surface area contributed by atoms with E-state index in [1.165, 1.54) is 0 Å². The molecule has 3 saturated heterocycles. The SMILES string of the molecule is Cl.O=C1NC(=O)C(=Cc2ccccc2N2CCN(C(=O)C3CCCNC3)CC2)S1. The number of nitrogens with zero attached hydrogens (tertiary/aromatic N) is 2. The minimum atomic E-state index is -0.346. The minimum absolute atomic E-state index is 0. The van der Waals surface area contributed by atoms with Crippen LogP contribution in [0.3, 0.4) is 0 Å². The zero-order valence-electron chi connectivity index (χ0n) is 16.1. The molecule has 1 atom stereocenters. The van der Waals surface area contributed by atoms with Crippen molar-refractivity contribution in [1.29, 1.82) is 0 Å². The molecule has 1 aromatic carbocycles. The molecule has 29 heavy (non-hydrogen) atoms. The first-order chi connectivity index (χ1) is 13.6. The third kappa shape index (κ3) is 4.94. The van der Waals surface area contributed by atoms with Gasteiger partial charge in [0, 0.05) is 38.4 Å². The van der Waals surface area contributed by atoms with E-state index in [4.69, 9.17) is 0 Å². The highest BCUT2D eigenvalue weighted by molar-refractivity contribution is 8.18. The van der Waals surface area contributed by atoms with Gasteiger partial charge in [0.05, 0.1) is 10.8 Å². The zero-order chi connectivity index (χ0) is 19.5. The van der Waals surface area contributed by atoms with E-state index in [9.17, 15) is 14.4 Å². The van der Waals surface area contributed by atoms with Gasteiger partial charge in [-0.2, -0.15) is 0 Å². The first-order valence-electron chi connectivity index (χ1n) is 9.70. The Morgan fingerprint density at radius 3 is 2.55 bits per heavy atom. The summed E-state index contributed by atoms with van der Waals surface area (Å²) < 4.78 is 0. The summed E-state index contributed by atoms with van der Waals surface area (Å²) in [6.07, 6.45) is 3.80. The number of amides is 3. The van der Waals surface area contributed by atoms with E-state index in [0.717, 1.165) is 62.0 Å². The first kappa shape index (κ1) is 21.7. The van der Waals surface area contributed by atoms with Crippen LogP contribution in [0.25, 0.3) is 6.08 Å². The largest absolute Gasteiger partial charge is 0.367 e. The summed E-state index contributed by atoms with van der Waals surface area (Å²) >= 11 is 0.928. The summed E-state index contributed by atoms with van der Waals surface area (Å²) in [7, 11) is 0. The topological polar surface area (TPSA) is 81.8 Å². The second-order valence-corrected chi connectivity index (χ2v) is 8.28. The standard InChI is InChI=1S/C20H24N4O3S.ClH/c25-18-17(28-20(27)22-18)12-14-4-1-2-6-16(14)23-8-10-24(11-9-23)19(26)15-5-3-7-21-13-15;/h1-2,4,6,12,15,21H,3,5,7-11,13H2,(H,22,25,27);1H. The van der Waals surface area contributed by atoms with Gasteiger partial charge in [-0.05, 0) is 48.9 Å². The number of hydrogen-bond acceptors (Lipinski definition) is 6. The van der Waals surface area contributed by atoms with Crippen LogP contribution in [0.1, 0.15) is 18.4 Å². The number of carbonyl (C=O) groups is 3. The fourth-order valence-corrected chi connectivity index (χ4v) is 4.62. The molecule has 4 rings (SSSR count). The number of halogens is 1. The maximum absolute atomic E-state index is 12.7. The van der Waals surface area contributed by atoms with Gasteiger partial charge >= 0.3 is 0 Å². The first-order valence-corrected chi connectivity index (χ1v) is 10.5. The molecule has 3 amide bonds. The van der Waals surface area contributed by atoms with Gasteiger partial charge in [-0.15, -0.1) is 12.4 Å². The molecule has 3 heterocycles. The number of benzene rings is 1. The van der Waals surface area contributed by atoms with Crippen LogP contribution < -0.4 is 15.5 Å². The number of hydrogen-bond donors (Lipinski definition) is 2. The molecular weight excluding hydrogens is 412 g/mol. The lowest BCUT2D eigenvalue weighted by Crippen LogP contribution is -2.52. The monoisotopic (exact) mass is 436 g/mol. The number of imide groups is 1. The molecule has 156 valence electrons. The van der Waals surface area contributed by atoms with Gasteiger partial charge in [0.2, 0.25) is 5.91 Å². The molecule has 0 saturated carbocycles. The molecule has 3 fully saturated rings. The van der Waals surface area contributed by atoms with Crippen LogP contribution in [0.15, 0.2) is 29.2 Å². The zero-order valence-corrected chi connectivity index (χ0v) is 17.7. The smallest absolute Gasteiger partial charge is 0.290 e. The number of nitrogens with one attached hydrogen (secondary N) is 2. The van der Waals surface area contributed by atoms with E-state index in [0.29, 0.717) is 18.0 Å². The van der Waals surface area contributed by atoms with E-state index < -0.39 is 0 Å². The molecule has 0 bridgehead atoms. The van der Waals surface area contributed by atoms with Crippen molar-refractivity contribution < 1.29 is 14.4 Å². The fourth-order valence-electron chi connectivity index (χ4n) is 3.95. The number of thioether (sulfide) groups is 1. The molecule has 2 N–H and O–H groups in total. The number of rotatable bonds is 3. The van der Waals surface area contributed by atoms with Crippen molar-refractivity contribution >= 4 is 53.0 Å². The fraction of sp³-hybridized carbons (Fsp3) is 0.450. The Bertz CT molecular complexity index is 818. The second kappa shape index (κ2) is 9.65. The number of anilines is 1. The van der Waals surface area contributed by atoms with Gasteiger partial charge in [-0.3, -0.25) is 19.7 Å². The third-order valence-corrected chi connectivity index (χ3v) is 6.25. The van der Waals surface area contributed by atoms with Gasteiger partial charge in [0.25, 0.3) is 11.1 Å². The van der Waals surface area contributed by atoms with E-state index in [1.807, 2.05) is 29.2 Å².